The number of amides is 2. The Balaban J connectivity index is 1.76. The third kappa shape index (κ3) is 4.27. The summed E-state index contributed by atoms with van der Waals surface area (Å²) in [4.78, 5) is 16.0. The highest BCUT2D eigenvalue weighted by atomic mass is 35.5. The molecule has 1 aromatic carbocycles. The number of carbonyl (C=O) groups excluding carboxylic acids is 1. The van der Waals surface area contributed by atoms with Gasteiger partial charge >= 0.3 is 6.03 Å². The molecule has 1 aliphatic rings. The number of urea groups is 1. The third-order valence-corrected chi connectivity index (χ3v) is 4.06. The molecular formula is C14H19Cl2N3O. The summed E-state index contributed by atoms with van der Waals surface area (Å²) in [5.41, 5.74) is 0.995. The Morgan fingerprint density at radius 1 is 1.25 bits per heavy atom. The lowest BCUT2D eigenvalue weighted by atomic mass is 10.1. The number of carbonyl (C=O) groups is 1. The minimum Gasteiger partial charge on any atom is -0.338 e. The molecule has 0 aromatic heterocycles. The first-order chi connectivity index (χ1) is 9.56. The first kappa shape index (κ1) is 15.4. The van der Waals surface area contributed by atoms with Gasteiger partial charge in [-0.3, -0.25) is 0 Å². The van der Waals surface area contributed by atoms with Crippen LogP contribution in [0.3, 0.4) is 0 Å². The van der Waals surface area contributed by atoms with E-state index >= 15 is 0 Å². The Morgan fingerprint density at radius 3 is 2.60 bits per heavy atom. The highest BCUT2D eigenvalue weighted by molar-refractivity contribution is 6.35. The molecule has 0 spiro atoms. The number of hydrogen-bond acceptors (Lipinski definition) is 2. The Morgan fingerprint density at radius 2 is 1.95 bits per heavy atom. The molecular weight excluding hydrogens is 297 g/mol. The zero-order valence-electron chi connectivity index (χ0n) is 11.5. The fourth-order valence-corrected chi connectivity index (χ4v) is 2.65. The average molecular weight is 316 g/mol. The quantitative estimate of drug-likeness (QED) is 0.930. The van der Waals surface area contributed by atoms with Crippen molar-refractivity contribution in [3.63, 3.8) is 0 Å². The molecule has 4 nitrogen and oxygen atoms in total. The number of piperazine rings is 1. The van der Waals surface area contributed by atoms with Gasteiger partial charge in [-0.2, -0.15) is 0 Å². The van der Waals surface area contributed by atoms with Crippen LogP contribution < -0.4 is 5.32 Å². The van der Waals surface area contributed by atoms with E-state index in [1.165, 1.54) is 0 Å². The number of benzene rings is 1. The average Bonchev–Trinajstić information content (AvgIpc) is 2.42. The van der Waals surface area contributed by atoms with Gasteiger partial charge in [0, 0.05) is 42.8 Å². The van der Waals surface area contributed by atoms with Crippen LogP contribution in [0.15, 0.2) is 18.2 Å². The second-order valence-electron chi connectivity index (χ2n) is 5.01. The summed E-state index contributed by atoms with van der Waals surface area (Å²) in [6.07, 6.45) is 0.704. The van der Waals surface area contributed by atoms with Crippen molar-refractivity contribution in [2.45, 2.75) is 6.42 Å². The Bertz CT molecular complexity index is 473. The van der Waals surface area contributed by atoms with E-state index in [0.29, 0.717) is 23.0 Å². The summed E-state index contributed by atoms with van der Waals surface area (Å²) in [5.74, 6) is 0. The van der Waals surface area contributed by atoms with Crippen LogP contribution in [0.4, 0.5) is 4.79 Å². The predicted octanol–water partition coefficient (Wildman–Crippen LogP) is 2.49. The van der Waals surface area contributed by atoms with E-state index in [2.05, 4.69) is 17.3 Å². The van der Waals surface area contributed by atoms with Crippen LogP contribution in [-0.2, 0) is 6.42 Å². The Labute approximate surface area is 129 Å². The van der Waals surface area contributed by atoms with E-state index in [-0.39, 0.29) is 6.03 Å². The summed E-state index contributed by atoms with van der Waals surface area (Å²) >= 11 is 11.9. The van der Waals surface area contributed by atoms with Crippen molar-refractivity contribution in [3.05, 3.63) is 33.8 Å². The van der Waals surface area contributed by atoms with Crippen LogP contribution >= 0.6 is 23.2 Å². The highest BCUT2D eigenvalue weighted by Gasteiger charge is 2.18. The number of halogens is 2. The molecule has 6 heteroatoms. The van der Waals surface area contributed by atoms with E-state index in [1.54, 1.807) is 6.07 Å². The number of rotatable bonds is 3. The Hall–Kier alpha value is -0.970. The zero-order valence-corrected chi connectivity index (χ0v) is 13.0. The van der Waals surface area contributed by atoms with Gasteiger partial charge < -0.3 is 15.1 Å². The van der Waals surface area contributed by atoms with Crippen molar-refractivity contribution >= 4 is 29.2 Å². The maximum Gasteiger partial charge on any atom is 0.317 e. The number of hydrogen-bond donors (Lipinski definition) is 1. The lowest BCUT2D eigenvalue weighted by Gasteiger charge is -2.32. The predicted molar refractivity (Wildman–Crippen MR) is 82.6 cm³/mol. The van der Waals surface area contributed by atoms with Crippen LogP contribution in [0.1, 0.15) is 5.56 Å². The van der Waals surface area contributed by atoms with Crippen molar-refractivity contribution in [1.82, 2.24) is 15.1 Å². The molecule has 1 aromatic rings. The van der Waals surface area contributed by atoms with E-state index < -0.39 is 0 Å². The van der Waals surface area contributed by atoms with Gasteiger partial charge in [0.25, 0.3) is 0 Å². The van der Waals surface area contributed by atoms with Crippen LogP contribution in [-0.4, -0.2) is 55.6 Å². The van der Waals surface area contributed by atoms with Crippen molar-refractivity contribution in [1.29, 1.82) is 0 Å². The lowest BCUT2D eigenvalue weighted by Crippen LogP contribution is -2.50. The van der Waals surface area contributed by atoms with E-state index in [9.17, 15) is 4.79 Å². The van der Waals surface area contributed by atoms with E-state index in [4.69, 9.17) is 23.2 Å². The fraction of sp³-hybridized carbons (Fsp3) is 0.500. The molecule has 1 saturated heterocycles. The molecule has 0 saturated carbocycles. The summed E-state index contributed by atoms with van der Waals surface area (Å²) < 4.78 is 0. The van der Waals surface area contributed by atoms with Gasteiger partial charge in [-0.15, -0.1) is 0 Å². The van der Waals surface area contributed by atoms with Gasteiger partial charge in [0.05, 0.1) is 0 Å². The van der Waals surface area contributed by atoms with Crippen LogP contribution in [0.5, 0.6) is 0 Å². The van der Waals surface area contributed by atoms with Crippen molar-refractivity contribution in [3.8, 4) is 0 Å². The molecule has 2 rings (SSSR count). The van der Waals surface area contributed by atoms with Gasteiger partial charge in [0.1, 0.15) is 0 Å². The molecule has 0 radical (unpaired) electrons. The second kappa shape index (κ2) is 7.16. The molecule has 1 aliphatic heterocycles. The molecule has 1 fully saturated rings. The fourth-order valence-electron chi connectivity index (χ4n) is 2.15. The molecule has 1 heterocycles. The molecule has 20 heavy (non-hydrogen) atoms. The maximum atomic E-state index is 12.0. The van der Waals surface area contributed by atoms with Gasteiger partial charge in [0.15, 0.2) is 0 Å². The maximum absolute atomic E-state index is 12.0. The van der Waals surface area contributed by atoms with Crippen molar-refractivity contribution in [2.24, 2.45) is 0 Å². The van der Waals surface area contributed by atoms with E-state index in [0.717, 1.165) is 31.7 Å². The molecule has 0 unspecified atom stereocenters. The summed E-state index contributed by atoms with van der Waals surface area (Å²) in [6, 6.07) is 5.43. The summed E-state index contributed by atoms with van der Waals surface area (Å²) in [5, 5.41) is 4.20. The molecule has 0 bridgehead atoms. The first-order valence-electron chi connectivity index (χ1n) is 6.71. The van der Waals surface area contributed by atoms with Crippen LogP contribution in [0, 0.1) is 0 Å². The van der Waals surface area contributed by atoms with Gasteiger partial charge in [-0.1, -0.05) is 29.3 Å². The third-order valence-electron chi connectivity index (χ3n) is 3.48. The molecule has 2 amide bonds. The first-order valence-corrected chi connectivity index (χ1v) is 7.47. The number of likely N-dealkylation sites (N-methyl/N-ethyl adjacent to an activating group) is 1. The van der Waals surface area contributed by atoms with Crippen molar-refractivity contribution < 1.29 is 4.79 Å². The second-order valence-corrected chi connectivity index (χ2v) is 5.85. The molecule has 110 valence electrons. The normalized spacial score (nSPS) is 16.2. The topological polar surface area (TPSA) is 35.6 Å². The Kier molecular flexibility index (Phi) is 5.52. The van der Waals surface area contributed by atoms with Crippen LogP contribution in [0.25, 0.3) is 0 Å². The van der Waals surface area contributed by atoms with Gasteiger partial charge in [-0.05, 0) is 31.2 Å². The van der Waals surface area contributed by atoms with Gasteiger partial charge in [0.2, 0.25) is 0 Å². The SMILES string of the molecule is CN1CCN(C(=O)NCCc2ccc(Cl)cc2Cl)CC1. The van der Waals surface area contributed by atoms with E-state index in [1.807, 2.05) is 17.0 Å². The highest BCUT2D eigenvalue weighted by Crippen LogP contribution is 2.21. The number of nitrogens with one attached hydrogen (secondary N) is 1. The molecule has 1 N–H and O–H groups in total. The lowest BCUT2D eigenvalue weighted by molar-refractivity contribution is 0.154. The standard InChI is InChI=1S/C14H19Cl2N3O/c1-18-6-8-19(9-7-18)14(20)17-5-4-11-2-3-12(15)10-13(11)16/h2-3,10H,4-9H2,1H3,(H,17,20). The van der Waals surface area contributed by atoms with Gasteiger partial charge in [-0.25, -0.2) is 4.79 Å². The molecule has 0 atom stereocenters. The zero-order chi connectivity index (χ0) is 14.5. The summed E-state index contributed by atoms with van der Waals surface area (Å²) in [7, 11) is 2.07. The minimum absolute atomic E-state index is 0.00295. The van der Waals surface area contributed by atoms with Crippen LogP contribution in [0.2, 0.25) is 10.0 Å². The minimum atomic E-state index is 0.00295. The monoisotopic (exact) mass is 315 g/mol. The number of nitrogens with zero attached hydrogens (tertiary/aromatic N) is 2. The smallest absolute Gasteiger partial charge is 0.317 e. The summed E-state index contributed by atoms with van der Waals surface area (Å²) in [6.45, 7) is 3.99. The van der Waals surface area contributed by atoms with Crippen molar-refractivity contribution in [2.75, 3.05) is 39.8 Å². The largest absolute Gasteiger partial charge is 0.338 e. The molecule has 0 aliphatic carbocycles.